The molecule has 2 aromatic heterocycles. The zero-order valence-corrected chi connectivity index (χ0v) is 12.8. The van der Waals surface area contributed by atoms with Crippen LogP contribution in [0.4, 0.5) is 5.82 Å². The molecule has 0 aliphatic carbocycles. The van der Waals surface area contributed by atoms with Crippen molar-refractivity contribution < 1.29 is 0 Å². The van der Waals surface area contributed by atoms with Crippen molar-refractivity contribution in [3.63, 3.8) is 0 Å². The van der Waals surface area contributed by atoms with E-state index < -0.39 is 0 Å². The van der Waals surface area contributed by atoms with E-state index >= 15 is 0 Å². The molecule has 0 radical (unpaired) electrons. The summed E-state index contributed by atoms with van der Waals surface area (Å²) in [5.74, 6) is 0.812. The number of para-hydroxylation sites is 1. The molecule has 6 heteroatoms. The average Bonchev–Trinajstić information content (AvgIpc) is 2.55. The number of nitrogens with one attached hydrogen (secondary N) is 1. The summed E-state index contributed by atoms with van der Waals surface area (Å²) in [4.78, 5) is 13.4. The lowest BCUT2D eigenvalue weighted by atomic mass is 10.2. The Balaban J connectivity index is 2.01. The number of nitriles is 1. The van der Waals surface area contributed by atoms with E-state index in [2.05, 4.69) is 20.3 Å². The van der Waals surface area contributed by atoms with E-state index in [-0.39, 0.29) is 0 Å². The van der Waals surface area contributed by atoms with Crippen LogP contribution in [-0.2, 0) is 0 Å². The van der Waals surface area contributed by atoms with Gasteiger partial charge in [-0.2, -0.15) is 5.26 Å². The molecule has 3 rings (SSSR count). The Kier molecular flexibility index (Phi) is 4.17. The van der Waals surface area contributed by atoms with Crippen LogP contribution in [0.15, 0.2) is 52.6 Å². The Morgan fingerprint density at radius 1 is 1.09 bits per heavy atom. The summed E-state index contributed by atoms with van der Waals surface area (Å²) in [5, 5.41) is 14.5. The molecule has 0 saturated carbocycles. The molecular formula is C16H13N5S. The Bertz CT molecular complexity index is 857. The van der Waals surface area contributed by atoms with Crippen molar-refractivity contribution in [3.8, 4) is 6.07 Å². The number of benzene rings is 1. The zero-order valence-electron chi connectivity index (χ0n) is 11.9. The quantitative estimate of drug-likeness (QED) is 0.744. The molecule has 1 N–H and O–H groups in total. The van der Waals surface area contributed by atoms with Crippen LogP contribution in [-0.4, -0.2) is 21.5 Å². The van der Waals surface area contributed by atoms with Crippen LogP contribution in [0.3, 0.4) is 0 Å². The van der Waals surface area contributed by atoms with E-state index in [4.69, 9.17) is 5.26 Å². The summed E-state index contributed by atoms with van der Waals surface area (Å²) in [5.41, 5.74) is 1.27. The molecule has 108 valence electrons. The third-order valence-corrected chi connectivity index (χ3v) is 3.76. The third-order valence-electron chi connectivity index (χ3n) is 2.96. The van der Waals surface area contributed by atoms with Gasteiger partial charge in [0.15, 0.2) is 5.16 Å². The van der Waals surface area contributed by atoms with Gasteiger partial charge in [0.05, 0.1) is 5.52 Å². The molecule has 0 saturated heterocycles. The SMILES string of the molecule is CCNc1nc(Sc2cccc(C#N)n2)nc2ccccc12. The molecule has 0 spiro atoms. The van der Waals surface area contributed by atoms with Crippen LogP contribution >= 0.6 is 11.8 Å². The number of hydrogen-bond acceptors (Lipinski definition) is 6. The Labute approximate surface area is 132 Å². The molecule has 5 nitrogen and oxygen atoms in total. The van der Waals surface area contributed by atoms with Crippen molar-refractivity contribution >= 4 is 28.5 Å². The Morgan fingerprint density at radius 3 is 2.77 bits per heavy atom. The van der Waals surface area contributed by atoms with E-state index in [0.29, 0.717) is 15.9 Å². The topological polar surface area (TPSA) is 74.5 Å². The minimum Gasteiger partial charge on any atom is -0.370 e. The number of rotatable bonds is 4. The highest BCUT2D eigenvalue weighted by molar-refractivity contribution is 7.99. The van der Waals surface area contributed by atoms with Gasteiger partial charge in [0.1, 0.15) is 22.6 Å². The smallest absolute Gasteiger partial charge is 0.196 e. The molecular weight excluding hydrogens is 294 g/mol. The maximum absolute atomic E-state index is 8.92. The largest absolute Gasteiger partial charge is 0.370 e. The van der Waals surface area contributed by atoms with E-state index in [1.54, 1.807) is 12.1 Å². The van der Waals surface area contributed by atoms with Gasteiger partial charge in [-0.1, -0.05) is 18.2 Å². The van der Waals surface area contributed by atoms with Gasteiger partial charge in [0.25, 0.3) is 0 Å². The summed E-state index contributed by atoms with van der Waals surface area (Å²) in [7, 11) is 0. The van der Waals surface area contributed by atoms with E-state index in [1.807, 2.05) is 43.3 Å². The number of nitrogens with zero attached hydrogens (tertiary/aromatic N) is 4. The maximum Gasteiger partial charge on any atom is 0.196 e. The van der Waals surface area contributed by atoms with E-state index in [9.17, 15) is 0 Å². The summed E-state index contributed by atoms with van der Waals surface area (Å²) in [6.45, 7) is 2.81. The second-order valence-electron chi connectivity index (χ2n) is 4.48. The lowest BCUT2D eigenvalue weighted by molar-refractivity contribution is 0.983. The van der Waals surface area contributed by atoms with Crippen molar-refractivity contribution in [2.45, 2.75) is 17.1 Å². The zero-order chi connectivity index (χ0) is 15.4. The van der Waals surface area contributed by atoms with Crippen LogP contribution in [0.5, 0.6) is 0 Å². The fourth-order valence-electron chi connectivity index (χ4n) is 2.03. The van der Waals surface area contributed by atoms with Gasteiger partial charge >= 0.3 is 0 Å². The van der Waals surface area contributed by atoms with Crippen molar-refractivity contribution in [1.29, 1.82) is 5.26 Å². The number of anilines is 1. The van der Waals surface area contributed by atoms with Gasteiger partial charge in [-0.3, -0.25) is 0 Å². The molecule has 0 amide bonds. The van der Waals surface area contributed by atoms with Gasteiger partial charge < -0.3 is 5.32 Å². The number of pyridine rings is 1. The first-order valence-corrected chi connectivity index (χ1v) is 7.67. The molecule has 0 unspecified atom stereocenters. The molecule has 0 atom stereocenters. The lowest BCUT2D eigenvalue weighted by Crippen LogP contribution is -2.02. The van der Waals surface area contributed by atoms with Gasteiger partial charge in [-0.25, -0.2) is 15.0 Å². The number of fused-ring (bicyclic) bond motifs is 1. The van der Waals surface area contributed by atoms with E-state index in [1.165, 1.54) is 11.8 Å². The predicted octanol–water partition coefficient (Wildman–Crippen LogP) is 3.48. The second kappa shape index (κ2) is 6.41. The van der Waals surface area contributed by atoms with Crippen LogP contribution in [0.1, 0.15) is 12.6 Å². The number of hydrogen-bond donors (Lipinski definition) is 1. The van der Waals surface area contributed by atoms with Crippen molar-refractivity contribution in [2.24, 2.45) is 0 Å². The maximum atomic E-state index is 8.92. The highest BCUT2D eigenvalue weighted by Gasteiger charge is 2.09. The van der Waals surface area contributed by atoms with Gasteiger partial charge in [-0.05, 0) is 43.0 Å². The van der Waals surface area contributed by atoms with Gasteiger partial charge in [-0.15, -0.1) is 0 Å². The first-order chi connectivity index (χ1) is 10.8. The van der Waals surface area contributed by atoms with Crippen LogP contribution in [0.25, 0.3) is 10.9 Å². The Morgan fingerprint density at radius 2 is 1.95 bits per heavy atom. The normalized spacial score (nSPS) is 10.4. The minimum atomic E-state index is 0.387. The van der Waals surface area contributed by atoms with Crippen molar-refractivity contribution in [3.05, 3.63) is 48.2 Å². The monoisotopic (exact) mass is 307 g/mol. The summed E-state index contributed by atoms with van der Waals surface area (Å²) in [6.07, 6.45) is 0. The van der Waals surface area contributed by atoms with Crippen LogP contribution < -0.4 is 5.32 Å². The molecule has 22 heavy (non-hydrogen) atoms. The fourth-order valence-corrected chi connectivity index (χ4v) is 2.79. The van der Waals surface area contributed by atoms with E-state index in [0.717, 1.165) is 23.3 Å². The highest BCUT2D eigenvalue weighted by atomic mass is 32.2. The van der Waals surface area contributed by atoms with Gasteiger partial charge in [0.2, 0.25) is 0 Å². The molecule has 1 aromatic carbocycles. The van der Waals surface area contributed by atoms with Gasteiger partial charge in [0, 0.05) is 11.9 Å². The van der Waals surface area contributed by atoms with Crippen molar-refractivity contribution in [1.82, 2.24) is 15.0 Å². The second-order valence-corrected chi connectivity index (χ2v) is 5.46. The lowest BCUT2D eigenvalue weighted by Gasteiger charge is -2.08. The highest BCUT2D eigenvalue weighted by Crippen LogP contribution is 2.28. The summed E-state index contributed by atoms with van der Waals surface area (Å²) >= 11 is 1.35. The molecule has 3 aromatic rings. The predicted molar refractivity (Wildman–Crippen MR) is 86.8 cm³/mol. The summed E-state index contributed by atoms with van der Waals surface area (Å²) in [6, 6.07) is 15.2. The standard InChI is InChI=1S/C16H13N5S/c1-2-18-15-12-7-3-4-8-13(12)20-16(21-15)22-14-9-5-6-11(10-17)19-14/h3-9H,2H2,1H3,(H,18,20,21). The molecule has 0 fully saturated rings. The third kappa shape index (κ3) is 3.00. The molecule has 0 aliphatic heterocycles. The fraction of sp³-hybridized carbons (Fsp3) is 0.125. The first kappa shape index (κ1) is 14.3. The minimum absolute atomic E-state index is 0.387. The van der Waals surface area contributed by atoms with Crippen LogP contribution in [0.2, 0.25) is 0 Å². The van der Waals surface area contributed by atoms with Crippen LogP contribution in [0, 0.1) is 11.3 Å². The molecule has 0 bridgehead atoms. The summed E-state index contributed by atoms with van der Waals surface area (Å²) < 4.78 is 0. The molecule has 2 heterocycles. The first-order valence-electron chi connectivity index (χ1n) is 6.86. The Hall–Kier alpha value is -2.65. The molecule has 0 aliphatic rings. The average molecular weight is 307 g/mol. The number of aromatic nitrogens is 3. The van der Waals surface area contributed by atoms with Crippen molar-refractivity contribution in [2.75, 3.05) is 11.9 Å².